The summed E-state index contributed by atoms with van der Waals surface area (Å²) in [6.45, 7) is 3.10. The smallest absolute Gasteiger partial charge is 0.346 e. The topological polar surface area (TPSA) is 68.9 Å². The highest BCUT2D eigenvalue weighted by atomic mass is 16.2. The summed E-state index contributed by atoms with van der Waals surface area (Å²) in [4.78, 5) is 25.5. The Kier molecular flexibility index (Phi) is 6.70. The molecule has 6 heteroatoms. The number of aromatic nitrogens is 3. The minimum atomic E-state index is -0.0676. The molecular formula is C24H34N4O2. The average molecular weight is 411 g/mol. The van der Waals surface area contributed by atoms with Crippen LogP contribution in [0.5, 0.6) is 0 Å². The monoisotopic (exact) mass is 410 g/mol. The van der Waals surface area contributed by atoms with Crippen molar-refractivity contribution in [1.29, 1.82) is 0 Å². The largest absolute Gasteiger partial charge is 0.354 e. The lowest BCUT2D eigenvalue weighted by Gasteiger charge is -2.27. The molecule has 0 aliphatic heterocycles. The van der Waals surface area contributed by atoms with Crippen molar-refractivity contribution >= 4 is 5.91 Å². The third-order valence-electron chi connectivity index (χ3n) is 6.62. The Hall–Kier alpha value is -2.37. The SMILES string of the molecule is CCCCC1CCC(C(=O)NCCn2nc(-c3ccccc3)n(C3CC3)c2=O)CC1. The molecular weight excluding hydrogens is 376 g/mol. The number of amides is 1. The van der Waals surface area contributed by atoms with E-state index < -0.39 is 0 Å². The minimum absolute atomic E-state index is 0.0676. The van der Waals surface area contributed by atoms with E-state index >= 15 is 0 Å². The summed E-state index contributed by atoms with van der Waals surface area (Å²) in [5.41, 5.74) is 0.895. The standard InChI is InChI=1S/C24H34N4O2/c1-2-3-7-18-10-12-20(13-11-18)23(29)25-16-17-27-24(30)28(21-14-15-21)22(26-27)19-8-5-4-6-9-19/h4-6,8-9,18,20-21H,2-3,7,10-17H2,1H3,(H,25,29). The van der Waals surface area contributed by atoms with Crippen molar-refractivity contribution in [3.8, 4) is 11.4 Å². The lowest BCUT2D eigenvalue weighted by atomic mass is 9.79. The molecule has 1 amide bonds. The van der Waals surface area contributed by atoms with Gasteiger partial charge in [0.1, 0.15) is 0 Å². The van der Waals surface area contributed by atoms with Gasteiger partial charge < -0.3 is 5.32 Å². The number of rotatable bonds is 9. The van der Waals surface area contributed by atoms with Crippen LogP contribution >= 0.6 is 0 Å². The van der Waals surface area contributed by atoms with Crippen LogP contribution in [-0.2, 0) is 11.3 Å². The summed E-state index contributed by atoms with van der Waals surface area (Å²) in [5.74, 6) is 1.81. The molecule has 1 heterocycles. The molecule has 1 aromatic heterocycles. The molecule has 162 valence electrons. The molecule has 2 aliphatic carbocycles. The van der Waals surface area contributed by atoms with Gasteiger partial charge in [-0.3, -0.25) is 9.36 Å². The van der Waals surface area contributed by atoms with Crippen molar-refractivity contribution in [2.75, 3.05) is 6.54 Å². The molecule has 0 saturated heterocycles. The molecule has 2 aromatic rings. The van der Waals surface area contributed by atoms with Crippen LogP contribution < -0.4 is 11.0 Å². The van der Waals surface area contributed by atoms with E-state index in [2.05, 4.69) is 17.3 Å². The van der Waals surface area contributed by atoms with Gasteiger partial charge in [0, 0.05) is 24.1 Å². The quantitative estimate of drug-likeness (QED) is 0.675. The van der Waals surface area contributed by atoms with Crippen molar-refractivity contribution in [2.24, 2.45) is 11.8 Å². The predicted octanol–water partition coefficient (Wildman–Crippen LogP) is 4.16. The molecule has 1 N–H and O–H groups in total. The maximum absolute atomic E-state index is 12.9. The third-order valence-corrected chi connectivity index (χ3v) is 6.62. The Bertz CT molecular complexity index is 890. The average Bonchev–Trinajstić information content (AvgIpc) is 3.57. The summed E-state index contributed by atoms with van der Waals surface area (Å²) in [7, 11) is 0. The summed E-state index contributed by atoms with van der Waals surface area (Å²) in [6.07, 6.45) is 10.3. The second-order valence-electron chi connectivity index (χ2n) is 8.95. The first-order valence-electron chi connectivity index (χ1n) is 11.7. The number of nitrogens with one attached hydrogen (secondary N) is 1. The van der Waals surface area contributed by atoms with E-state index in [1.54, 1.807) is 0 Å². The normalized spacial score (nSPS) is 21.5. The van der Waals surface area contributed by atoms with Crippen LogP contribution in [0.4, 0.5) is 0 Å². The molecule has 1 aromatic carbocycles. The Morgan fingerprint density at radius 2 is 1.83 bits per heavy atom. The number of benzene rings is 1. The Balaban J connectivity index is 1.32. The minimum Gasteiger partial charge on any atom is -0.354 e. The van der Waals surface area contributed by atoms with Crippen LogP contribution in [0.1, 0.15) is 70.8 Å². The maximum atomic E-state index is 12.9. The van der Waals surface area contributed by atoms with Gasteiger partial charge in [-0.2, -0.15) is 0 Å². The lowest BCUT2D eigenvalue weighted by molar-refractivity contribution is -0.126. The summed E-state index contributed by atoms with van der Waals surface area (Å²) in [5, 5.41) is 7.66. The van der Waals surface area contributed by atoms with E-state index in [1.807, 2.05) is 34.9 Å². The van der Waals surface area contributed by atoms with E-state index in [-0.39, 0.29) is 23.6 Å². The van der Waals surface area contributed by atoms with E-state index in [9.17, 15) is 9.59 Å². The summed E-state index contributed by atoms with van der Waals surface area (Å²) >= 11 is 0. The molecule has 0 radical (unpaired) electrons. The number of nitrogens with zero attached hydrogens (tertiary/aromatic N) is 3. The highest BCUT2D eigenvalue weighted by Gasteiger charge is 2.30. The van der Waals surface area contributed by atoms with Gasteiger partial charge in [0.2, 0.25) is 5.91 Å². The number of carbonyl (C=O) groups excluding carboxylic acids is 1. The second-order valence-corrected chi connectivity index (χ2v) is 8.95. The third kappa shape index (κ3) is 4.85. The Morgan fingerprint density at radius 3 is 2.50 bits per heavy atom. The molecule has 0 bridgehead atoms. The van der Waals surface area contributed by atoms with Crippen LogP contribution in [0, 0.1) is 11.8 Å². The van der Waals surface area contributed by atoms with Gasteiger partial charge in [-0.1, -0.05) is 56.5 Å². The van der Waals surface area contributed by atoms with Gasteiger partial charge in [-0.05, 0) is 44.4 Å². The zero-order valence-electron chi connectivity index (χ0n) is 18.1. The zero-order chi connectivity index (χ0) is 20.9. The van der Waals surface area contributed by atoms with Gasteiger partial charge in [0.05, 0.1) is 6.54 Å². The molecule has 0 spiro atoms. The summed E-state index contributed by atoms with van der Waals surface area (Å²) in [6, 6.07) is 10.1. The fourth-order valence-electron chi connectivity index (χ4n) is 4.65. The highest BCUT2D eigenvalue weighted by Crippen LogP contribution is 2.36. The number of unbranched alkanes of at least 4 members (excludes halogenated alkanes) is 1. The first-order valence-corrected chi connectivity index (χ1v) is 11.7. The molecule has 6 nitrogen and oxygen atoms in total. The summed E-state index contributed by atoms with van der Waals surface area (Å²) < 4.78 is 3.34. The second kappa shape index (κ2) is 9.63. The molecule has 4 rings (SSSR count). The van der Waals surface area contributed by atoms with Crippen molar-refractivity contribution in [1.82, 2.24) is 19.7 Å². The van der Waals surface area contributed by atoms with E-state index in [0.29, 0.717) is 13.1 Å². The van der Waals surface area contributed by atoms with Crippen LogP contribution in [0.15, 0.2) is 35.1 Å². The van der Waals surface area contributed by atoms with Crippen LogP contribution in [0.25, 0.3) is 11.4 Å². The first kappa shape index (κ1) is 20.9. The Labute approximate surface area is 178 Å². The van der Waals surface area contributed by atoms with Gasteiger partial charge in [0.25, 0.3) is 0 Å². The number of carbonyl (C=O) groups is 1. The van der Waals surface area contributed by atoms with E-state index in [0.717, 1.165) is 43.0 Å². The first-order chi connectivity index (χ1) is 14.7. The molecule has 0 atom stereocenters. The van der Waals surface area contributed by atoms with E-state index in [1.165, 1.54) is 36.8 Å². The molecule has 2 aliphatic rings. The van der Waals surface area contributed by atoms with Gasteiger partial charge in [-0.25, -0.2) is 9.48 Å². The molecule has 0 unspecified atom stereocenters. The molecule has 2 fully saturated rings. The van der Waals surface area contributed by atoms with Crippen molar-refractivity contribution in [3.63, 3.8) is 0 Å². The molecule has 2 saturated carbocycles. The van der Waals surface area contributed by atoms with Crippen molar-refractivity contribution in [2.45, 2.75) is 77.3 Å². The number of hydrogen-bond acceptors (Lipinski definition) is 3. The van der Waals surface area contributed by atoms with Gasteiger partial charge >= 0.3 is 5.69 Å². The van der Waals surface area contributed by atoms with Crippen LogP contribution in [0.2, 0.25) is 0 Å². The van der Waals surface area contributed by atoms with Crippen LogP contribution in [-0.4, -0.2) is 26.8 Å². The maximum Gasteiger partial charge on any atom is 0.346 e. The van der Waals surface area contributed by atoms with Crippen LogP contribution in [0.3, 0.4) is 0 Å². The fraction of sp³-hybridized carbons (Fsp3) is 0.625. The fourth-order valence-corrected chi connectivity index (χ4v) is 4.65. The lowest BCUT2D eigenvalue weighted by Crippen LogP contribution is -2.36. The van der Waals surface area contributed by atoms with Crippen molar-refractivity contribution < 1.29 is 4.79 Å². The van der Waals surface area contributed by atoms with Gasteiger partial charge in [0.15, 0.2) is 5.82 Å². The highest BCUT2D eigenvalue weighted by molar-refractivity contribution is 5.78. The zero-order valence-corrected chi connectivity index (χ0v) is 18.1. The number of hydrogen-bond donors (Lipinski definition) is 1. The van der Waals surface area contributed by atoms with Crippen molar-refractivity contribution in [3.05, 3.63) is 40.8 Å². The predicted molar refractivity (Wildman–Crippen MR) is 118 cm³/mol. The van der Waals surface area contributed by atoms with E-state index in [4.69, 9.17) is 0 Å². The Morgan fingerprint density at radius 1 is 1.10 bits per heavy atom. The van der Waals surface area contributed by atoms with Gasteiger partial charge in [-0.15, -0.1) is 5.10 Å². The molecule has 30 heavy (non-hydrogen) atoms.